The number of aryl methyl sites for hydroxylation is 1. The maximum Gasteiger partial charge on any atom is 0.337 e. The molecule has 2 aromatic rings. The van der Waals surface area contributed by atoms with Crippen LogP contribution in [-0.2, 0) is 22.6 Å². The molecule has 1 saturated heterocycles. The van der Waals surface area contributed by atoms with E-state index in [2.05, 4.69) is 38.1 Å². The molecule has 0 bridgehead atoms. The van der Waals surface area contributed by atoms with E-state index in [9.17, 15) is 14.7 Å². The number of amides is 2. The summed E-state index contributed by atoms with van der Waals surface area (Å²) in [7, 11) is 0. The Bertz CT molecular complexity index is 1160. The number of piperidine rings is 1. The number of hydrogen-bond donors (Lipinski definition) is 1. The minimum atomic E-state index is -1.11. The lowest BCUT2D eigenvalue weighted by molar-refractivity contribution is -0.160. The third-order valence-corrected chi connectivity index (χ3v) is 7.64. The van der Waals surface area contributed by atoms with Crippen molar-refractivity contribution < 1.29 is 19.4 Å². The molecule has 2 aromatic carbocycles. The van der Waals surface area contributed by atoms with Gasteiger partial charge in [0.25, 0.3) is 0 Å². The standard InChI is InChI=1S/C30H40N2O4/c1-18-8-10-22(11-9-18)25-20(3)23-16-32(29(35)31-14-12-19(2)13-15-31)17-24(23)21(4)26(25)27(28(33)34)36-30(5,6)7/h8-11,19,27H,12-17H2,1-7H3,(H,33,34)/t27-/m0/s1. The van der Waals surface area contributed by atoms with Crippen molar-refractivity contribution in [2.75, 3.05) is 13.1 Å². The molecule has 0 radical (unpaired) electrons. The molecule has 0 aliphatic carbocycles. The number of carboxylic acids is 1. The number of aliphatic carboxylic acids is 1. The summed E-state index contributed by atoms with van der Waals surface area (Å²) < 4.78 is 6.16. The van der Waals surface area contributed by atoms with Gasteiger partial charge in [-0.3, -0.25) is 0 Å². The molecule has 1 fully saturated rings. The van der Waals surface area contributed by atoms with E-state index >= 15 is 0 Å². The number of carbonyl (C=O) groups excluding carboxylic acids is 1. The summed E-state index contributed by atoms with van der Waals surface area (Å²) in [6.07, 6.45) is 0.964. The number of ether oxygens (including phenoxy) is 1. The van der Waals surface area contributed by atoms with Gasteiger partial charge in [0.15, 0.2) is 6.10 Å². The van der Waals surface area contributed by atoms with Crippen LogP contribution in [0.3, 0.4) is 0 Å². The number of likely N-dealkylation sites (tertiary alicyclic amines) is 1. The zero-order chi connectivity index (χ0) is 26.4. The van der Waals surface area contributed by atoms with Crippen LogP contribution in [-0.4, -0.2) is 45.6 Å². The van der Waals surface area contributed by atoms with Gasteiger partial charge >= 0.3 is 12.0 Å². The van der Waals surface area contributed by atoms with E-state index in [4.69, 9.17) is 4.74 Å². The second-order valence-corrected chi connectivity index (χ2v) is 11.6. The van der Waals surface area contributed by atoms with Crippen LogP contribution in [0.15, 0.2) is 24.3 Å². The van der Waals surface area contributed by atoms with E-state index in [1.807, 2.05) is 44.4 Å². The first-order chi connectivity index (χ1) is 16.9. The number of benzene rings is 2. The molecule has 6 heteroatoms. The number of hydrogen-bond acceptors (Lipinski definition) is 3. The van der Waals surface area contributed by atoms with Crippen LogP contribution in [0.1, 0.15) is 80.0 Å². The monoisotopic (exact) mass is 492 g/mol. The molecule has 4 rings (SSSR count). The van der Waals surface area contributed by atoms with Crippen LogP contribution in [0.25, 0.3) is 11.1 Å². The Balaban J connectivity index is 1.82. The molecule has 1 N–H and O–H groups in total. The number of fused-ring (bicyclic) bond motifs is 1. The zero-order valence-corrected chi connectivity index (χ0v) is 22.8. The van der Waals surface area contributed by atoms with E-state index in [1.165, 1.54) is 0 Å². The molecular weight excluding hydrogens is 452 g/mol. The Morgan fingerprint density at radius 2 is 1.50 bits per heavy atom. The topological polar surface area (TPSA) is 70.1 Å². The van der Waals surface area contributed by atoms with Gasteiger partial charge < -0.3 is 19.6 Å². The fourth-order valence-corrected chi connectivity index (χ4v) is 5.56. The van der Waals surface area contributed by atoms with Gasteiger partial charge in [0.2, 0.25) is 0 Å². The Hall–Kier alpha value is -2.86. The van der Waals surface area contributed by atoms with Crippen LogP contribution in [0, 0.1) is 26.7 Å². The van der Waals surface area contributed by atoms with E-state index in [0.717, 1.165) is 64.9 Å². The number of nitrogens with zero attached hydrogens (tertiary/aromatic N) is 2. The van der Waals surface area contributed by atoms with E-state index < -0.39 is 17.7 Å². The van der Waals surface area contributed by atoms with Crippen LogP contribution >= 0.6 is 0 Å². The Labute approximate surface area is 215 Å². The van der Waals surface area contributed by atoms with Crippen LogP contribution in [0.2, 0.25) is 0 Å². The minimum Gasteiger partial charge on any atom is -0.479 e. The van der Waals surface area contributed by atoms with Gasteiger partial charge in [0.1, 0.15) is 0 Å². The molecule has 1 atom stereocenters. The molecule has 0 saturated carbocycles. The lowest BCUT2D eigenvalue weighted by atomic mass is 9.83. The highest BCUT2D eigenvalue weighted by molar-refractivity contribution is 5.85. The summed E-state index contributed by atoms with van der Waals surface area (Å²) >= 11 is 0. The molecule has 2 heterocycles. The highest BCUT2D eigenvalue weighted by atomic mass is 16.5. The maximum absolute atomic E-state index is 13.4. The second-order valence-electron chi connectivity index (χ2n) is 11.6. The fraction of sp³-hybridized carbons (Fsp3) is 0.533. The van der Waals surface area contributed by atoms with Crippen molar-refractivity contribution in [2.45, 2.75) is 86.1 Å². The lowest BCUT2D eigenvalue weighted by Crippen LogP contribution is -2.44. The first-order valence-electron chi connectivity index (χ1n) is 13.0. The van der Waals surface area contributed by atoms with Gasteiger partial charge in [-0.05, 0) is 93.7 Å². The molecule has 6 nitrogen and oxygen atoms in total. The van der Waals surface area contributed by atoms with Crippen molar-refractivity contribution in [2.24, 2.45) is 5.92 Å². The predicted octanol–water partition coefficient (Wildman–Crippen LogP) is 6.39. The number of urea groups is 1. The lowest BCUT2D eigenvalue weighted by Gasteiger charge is -2.33. The SMILES string of the molecule is Cc1ccc(-c2c(C)c3c(c(C)c2[C@H](OC(C)(C)C)C(=O)O)CN(C(=O)N2CCC(C)CC2)C3)cc1. The van der Waals surface area contributed by atoms with Crippen LogP contribution < -0.4 is 0 Å². The number of rotatable bonds is 4. The third kappa shape index (κ3) is 5.15. The molecule has 0 unspecified atom stereocenters. The maximum atomic E-state index is 13.4. The summed E-state index contributed by atoms with van der Waals surface area (Å²) in [5.41, 5.74) is 7.20. The van der Waals surface area contributed by atoms with E-state index in [1.54, 1.807) is 0 Å². The van der Waals surface area contributed by atoms with Crippen molar-refractivity contribution >= 4 is 12.0 Å². The Morgan fingerprint density at radius 1 is 0.944 bits per heavy atom. The molecule has 36 heavy (non-hydrogen) atoms. The van der Waals surface area contributed by atoms with Gasteiger partial charge in [-0.2, -0.15) is 0 Å². The molecule has 0 spiro atoms. The molecule has 194 valence electrons. The van der Waals surface area contributed by atoms with Crippen molar-refractivity contribution in [3.63, 3.8) is 0 Å². The van der Waals surface area contributed by atoms with Crippen molar-refractivity contribution in [1.29, 1.82) is 0 Å². The largest absolute Gasteiger partial charge is 0.479 e. The fourth-order valence-electron chi connectivity index (χ4n) is 5.56. The van der Waals surface area contributed by atoms with Gasteiger partial charge in [-0.15, -0.1) is 0 Å². The van der Waals surface area contributed by atoms with Crippen molar-refractivity contribution in [3.8, 4) is 11.1 Å². The minimum absolute atomic E-state index is 0.0797. The average Bonchev–Trinajstić information content (AvgIpc) is 3.26. The van der Waals surface area contributed by atoms with Gasteiger partial charge in [-0.1, -0.05) is 36.8 Å². The molecular formula is C30H40N2O4. The van der Waals surface area contributed by atoms with Crippen LogP contribution in [0.5, 0.6) is 0 Å². The Kier molecular flexibility index (Phi) is 7.20. The quantitative estimate of drug-likeness (QED) is 0.537. The van der Waals surface area contributed by atoms with Crippen molar-refractivity contribution in [3.05, 3.63) is 57.6 Å². The van der Waals surface area contributed by atoms with Gasteiger partial charge in [0, 0.05) is 31.7 Å². The molecule has 0 aromatic heterocycles. The van der Waals surface area contributed by atoms with E-state index in [0.29, 0.717) is 24.6 Å². The zero-order valence-electron chi connectivity index (χ0n) is 22.8. The first kappa shape index (κ1) is 26.2. The average molecular weight is 493 g/mol. The summed E-state index contributed by atoms with van der Waals surface area (Å²) in [6, 6.07) is 8.28. The van der Waals surface area contributed by atoms with Gasteiger partial charge in [0.05, 0.1) is 5.60 Å². The third-order valence-electron chi connectivity index (χ3n) is 7.64. The summed E-state index contributed by atoms with van der Waals surface area (Å²) in [6.45, 7) is 16.6. The van der Waals surface area contributed by atoms with Gasteiger partial charge in [-0.25, -0.2) is 9.59 Å². The summed E-state index contributed by atoms with van der Waals surface area (Å²) in [5.74, 6) is -0.348. The summed E-state index contributed by atoms with van der Waals surface area (Å²) in [4.78, 5) is 29.9. The summed E-state index contributed by atoms with van der Waals surface area (Å²) in [5, 5.41) is 10.3. The van der Waals surface area contributed by atoms with Crippen molar-refractivity contribution in [1.82, 2.24) is 9.80 Å². The Morgan fingerprint density at radius 3 is 2.03 bits per heavy atom. The normalized spacial score (nSPS) is 17.3. The number of carbonyl (C=O) groups is 2. The second kappa shape index (κ2) is 9.89. The molecule has 2 aliphatic rings. The number of carboxylic acid groups (broad SMARTS) is 1. The first-order valence-corrected chi connectivity index (χ1v) is 13.0. The molecule has 2 aliphatic heterocycles. The van der Waals surface area contributed by atoms with Crippen LogP contribution in [0.4, 0.5) is 4.79 Å². The highest BCUT2D eigenvalue weighted by Crippen LogP contribution is 2.44. The smallest absolute Gasteiger partial charge is 0.337 e. The predicted molar refractivity (Wildman–Crippen MR) is 142 cm³/mol. The van der Waals surface area contributed by atoms with E-state index in [-0.39, 0.29) is 6.03 Å². The molecule has 2 amide bonds. The highest BCUT2D eigenvalue weighted by Gasteiger charge is 2.37.